The summed E-state index contributed by atoms with van der Waals surface area (Å²) in [5, 5.41) is 10.9. The Morgan fingerprint density at radius 3 is 2.73 bits per heavy atom. The van der Waals surface area contributed by atoms with Crippen molar-refractivity contribution in [1.82, 2.24) is 10.3 Å². The molecule has 0 spiro atoms. The van der Waals surface area contributed by atoms with Gasteiger partial charge < -0.3 is 25.3 Å². The van der Waals surface area contributed by atoms with Gasteiger partial charge in [0.15, 0.2) is 5.01 Å². The van der Waals surface area contributed by atoms with Crippen molar-refractivity contribution >= 4 is 34.1 Å². The number of aliphatic hydroxyl groups excluding tert-OH is 1. The number of furan rings is 1. The van der Waals surface area contributed by atoms with Crippen LogP contribution >= 0.6 is 11.3 Å². The van der Waals surface area contributed by atoms with Gasteiger partial charge in [-0.2, -0.15) is 13.2 Å². The number of amides is 2. The molecule has 2 aromatic heterocycles. The molecule has 160 valence electrons. The Hall–Kier alpha value is -3.12. The smallest absolute Gasteiger partial charge is 0.443 e. The van der Waals surface area contributed by atoms with E-state index < -0.39 is 35.6 Å². The third kappa shape index (κ3) is 4.54. The zero-order valence-corrected chi connectivity index (χ0v) is 16.3. The number of alkyl halides is 3. The maximum Gasteiger partial charge on any atom is 0.443 e. The number of hydrogen-bond acceptors (Lipinski definition) is 7. The molecule has 0 aliphatic rings. The number of carbonyl (C=O) groups is 2. The summed E-state index contributed by atoms with van der Waals surface area (Å²) in [5.74, 6) is -1.03. The van der Waals surface area contributed by atoms with E-state index in [1.807, 2.05) is 0 Å². The van der Waals surface area contributed by atoms with E-state index in [0.717, 1.165) is 6.20 Å². The Kier molecular flexibility index (Phi) is 5.99. The fourth-order valence-corrected chi connectivity index (χ4v) is 3.36. The number of ether oxygens (including phenoxy) is 1. The molecular formula is C18H16F3N3O5S. The molecule has 1 atom stereocenters. The molecule has 8 nitrogen and oxygen atoms in total. The Morgan fingerprint density at radius 2 is 2.13 bits per heavy atom. The Morgan fingerprint density at radius 1 is 1.40 bits per heavy atom. The summed E-state index contributed by atoms with van der Waals surface area (Å²) < 4.78 is 49.0. The molecule has 0 aliphatic heterocycles. The lowest BCUT2D eigenvalue weighted by molar-refractivity contribution is -0.137. The molecule has 0 saturated carbocycles. The van der Waals surface area contributed by atoms with Crippen LogP contribution in [-0.4, -0.2) is 34.6 Å². The lowest BCUT2D eigenvalue weighted by atomic mass is 10.1. The molecule has 3 aromatic rings. The van der Waals surface area contributed by atoms with Gasteiger partial charge in [-0.15, -0.1) is 11.3 Å². The molecule has 0 aliphatic carbocycles. The van der Waals surface area contributed by atoms with Crippen LogP contribution in [0.5, 0.6) is 5.75 Å². The quantitative estimate of drug-likeness (QED) is 0.515. The zero-order valence-electron chi connectivity index (χ0n) is 15.4. The normalized spacial score (nSPS) is 12.7. The van der Waals surface area contributed by atoms with Crippen molar-refractivity contribution < 1.29 is 37.0 Å². The van der Waals surface area contributed by atoms with Crippen molar-refractivity contribution in [2.24, 2.45) is 5.73 Å². The second kappa shape index (κ2) is 8.32. The average molecular weight is 443 g/mol. The number of rotatable bonds is 7. The van der Waals surface area contributed by atoms with Gasteiger partial charge >= 0.3 is 6.18 Å². The number of aliphatic hydroxyl groups is 1. The summed E-state index contributed by atoms with van der Waals surface area (Å²) in [7, 11) is 0. The van der Waals surface area contributed by atoms with Crippen LogP contribution in [0, 0.1) is 6.92 Å². The summed E-state index contributed by atoms with van der Waals surface area (Å²) in [5.41, 5.74) is 5.60. The molecular weight excluding hydrogens is 427 g/mol. The highest BCUT2D eigenvalue weighted by Gasteiger charge is 2.34. The fraction of sp³-hybridized carbons (Fsp3) is 0.278. The number of nitrogens with one attached hydrogen (secondary N) is 1. The van der Waals surface area contributed by atoms with E-state index in [1.54, 1.807) is 19.1 Å². The maximum atomic E-state index is 12.6. The number of halogens is 3. The van der Waals surface area contributed by atoms with Crippen LogP contribution in [-0.2, 0) is 17.6 Å². The topological polar surface area (TPSA) is 128 Å². The number of carbonyl (C=O) groups excluding carboxylic acids is 2. The van der Waals surface area contributed by atoms with Gasteiger partial charge in [0.25, 0.3) is 5.91 Å². The Labute approximate surface area is 171 Å². The van der Waals surface area contributed by atoms with Crippen LogP contribution in [0.3, 0.4) is 0 Å². The van der Waals surface area contributed by atoms with Gasteiger partial charge in [-0.05, 0) is 25.1 Å². The van der Waals surface area contributed by atoms with Crippen molar-refractivity contribution in [2.75, 3.05) is 6.61 Å². The monoisotopic (exact) mass is 443 g/mol. The van der Waals surface area contributed by atoms with E-state index in [4.69, 9.17) is 20.0 Å². The lowest BCUT2D eigenvalue weighted by Gasteiger charge is -2.12. The van der Waals surface area contributed by atoms with E-state index in [-0.39, 0.29) is 28.6 Å². The predicted molar refractivity (Wildman–Crippen MR) is 99.9 cm³/mol. The molecule has 12 heteroatoms. The first-order chi connectivity index (χ1) is 14.1. The van der Waals surface area contributed by atoms with Crippen LogP contribution in [0.2, 0.25) is 0 Å². The Bertz CT molecular complexity index is 1090. The van der Waals surface area contributed by atoms with E-state index >= 15 is 0 Å². The molecule has 0 radical (unpaired) electrons. The SMILES string of the molecule is Cc1oc2ccc(OCc3cnc(C(F)(F)F)s3)cc2c1C(=O)NC(CO)C(N)=O. The van der Waals surface area contributed by atoms with E-state index in [1.165, 1.54) is 6.07 Å². The third-order valence-corrected chi connectivity index (χ3v) is 5.09. The van der Waals surface area contributed by atoms with Crippen molar-refractivity contribution in [2.45, 2.75) is 25.7 Å². The van der Waals surface area contributed by atoms with Crippen LogP contribution < -0.4 is 15.8 Å². The number of nitrogens with two attached hydrogens (primary N) is 1. The van der Waals surface area contributed by atoms with Gasteiger partial charge in [0, 0.05) is 11.6 Å². The highest BCUT2D eigenvalue weighted by Crippen LogP contribution is 2.33. The van der Waals surface area contributed by atoms with Gasteiger partial charge in [-0.3, -0.25) is 9.59 Å². The van der Waals surface area contributed by atoms with Gasteiger partial charge in [0.05, 0.1) is 17.0 Å². The minimum absolute atomic E-state index is 0.118. The minimum atomic E-state index is -4.52. The van der Waals surface area contributed by atoms with Crippen molar-refractivity contribution in [3.8, 4) is 5.75 Å². The predicted octanol–water partition coefficient (Wildman–Crippen LogP) is 2.37. The molecule has 3 rings (SSSR count). The molecule has 0 fully saturated rings. The van der Waals surface area contributed by atoms with Gasteiger partial charge in [-0.25, -0.2) is 4.98 Å². The number of benzene rings is 1. The average Bonchev–Trinajstić information content (AvgIpc) is 3.27. The molecule has 1 aromatic carbocycles. The molecule has 0 bridgehead atoms. The number of primary amides is 1. The van der Waals surface area contributed by atoms with Gasteiger partial charge in [0.1, 0.15) is 29.7 Å². The summed E-state index contributed by atoms with van der Waals surface area (Å²) in [6.07, 6.45) is -3.43. The lowest BCUT2D eigenvalue weighted by Crippen LogP contribution is -2.46. The number of thiazole rings is 1. The maximum absolute atomic E-state index is 12.6. The molecule has 2 heterocycles. The fourth-order valence-electron chi connectivity index (χ4n) is 2.67. The highest BCUT2D eigenvalue weighted by molar-refractivity contribution is 7.11. The van der Waals surface area contributed by atoms with Crippen LogP contribution in [0.15, 0.2) is 28.8 Å². The summed E-state index contributed by atoms with van der Waals surface area (Å²) in [4.78, 5) is 27.4. The van der Waals surface area contributed by atoms with Gasteiger partial charge in [0.2, 0.25) is 5.91 Å². The number of nitrogens with zero attached hydrogens (tertiary/aromatic N) is 1. The van der Waals surface area contributed by atoms with Gasteiger partial charge in [-0.1, -0.05) is 0 Å². The van der Waals surface area contributed by atoms with Crippen molar-refractivity contribution in [3.05, 3.63) is 45.6 Å². The largest absolute Gasteiger partial charge is 0.488 e. The summed E-state index contributed by atoms with van der Waals surface area (Å²) in [6, 6.07) is 3.30. The first-order valence-corrected chi connectivity index (χ1v) is 9.30. The first-order valence-electron chi connectivity index (χ1n) is 8.49. The number of aryl methyl sites for hydroxylation is 1. The van der Waals surface area contributed by atoms with Crippen LogP contribution in [0.25, 0.3) is 11.0 Å². The summed E-state index contributed by atoms with van der Waals surface area (Å²) >= 11 is 0.476. The molecule has 4 N–H and O–H groups in total. The van der Waals surface area contributed by atoms with E-state index in [2.05, 4.69) is 10.3 Å². The molecule has 0 saturated heterocycles. The van der Waals surface area contributed by atoms with Crippen LogP contribution in [0.4, 0.5) is 13.2 Å². The second-order valence-corrected chi connectivity index (χ2v) is 7.34. The Balaban J connectivity index is 1.81. The van der Waals surface area contributed by atoms with E-state index in [9.17, 15) is 22.8 Å². The highest BCUT2D eigenvalue weighted by atomic mass is 32.1. The molecule has 30 heavy (non-hydrogen) atoms. The van der Waals surface area contributed by atoms with E-state index in [0.29, 0.717) is 22.3 Å². The van der Waals surface area contributed by atoms with Crippen molar-refractivity contribution in [1.29, 1.82) is 0 Å². The molecule has 2 amide bonds. The number of fused-ring (bicyclic) bond motifs is 1. The second-order valence-electron chi connectivity index (χ2n) is 6.22. The minimum Gasteiger partial charge on any atom is -0.488 e. The van der Waals surface area contributed by atoms with Crippen LogP contribution in [0.1, 0.15) is 26.0 Å². The standard InChI is InChI=1S/C18H16F3N3O5S/c1-8-14(16(27)24-12(6-25)15(22)26)11-4-9(2-3-13(11)29-8)28-7-10-5-23-17(30-10)18(19,20)21/h2-5,12,25H,6-7H2,1H3,(H2,22,26)(H,24,27). The summed E-state index contributed by atoms with van der Waals surface area (Å²) in [6.45, 7) is 0.731. The number of aromatic nitrogens is 1. The molecule has 1 unspecified atom stereocenters. The first kappa shape index (κ1) is 21.6. The van der Waals surface area contributed by atoms with Crippen molar-refractivity contribution in [3.63, 3.8) is 0 Å². The third-order valence-electron chi connectivity index (χ3n) is 4.07. The number of hydrogen-bond donors (Lipinski definition) is 3. The zero-order chi connectivity index (χ0) is 22.1.